The van der Waals surface area contributed by atoms with Crippen molar-refractivity contribution in [1.82, 2.24) is 14.7 Å². The highest BCUT2D eigenvalue weighted by Crippen LogP contribution is 2.13. The summed E-state index contributed by atoms with van der Waals surface area (Å²) in [6.07, 6.45) is 43.8. The Kier molecular flexibility index (Phi) is 36.4. The van der Waals surface area contributed by atoms with E-state index in [0.717, 1.165) is 103 Å². The summed E-state index contributed by atoms with van der Waals surface area (Å²) in [6.45, 7) is 15.1. The summed E-state index contributed by atoms with van der Waals surface area (Å²) in [6, 6.07) is 0. The average molecular weight is 772 g/mol. The van der Waals surface area contributed by atoms with E-state index in [1.54, 1.807) is 0 Å². The van der Waals surface area contributed by atoms with Gasteiger partial charge in [0.1, 0.15) is 6.61 Å². The number of aliphatic hydroxyl groups is 2. The highest BCUT2D eigenvalue weighted by molar-refractivity contribution is 5.69. The summed E-state index contributed by atoms with van der Waals surface area (Å²) >= 11 is 0. The van der Waals surface area contributed by atoms with E-state index < -0.39 is 12.2 Å². The number of aliphatic hydroxyl groups excluding tert-OH is 2. The summed E-state index contributed by atoms with van der Waals surface area (Å²) in [7, 11) is 0. The fourth-order valence-corrected chi connectivity index (χ4v) is 7.20. The molecule has 1 aliphatic heterocycles. The second kappa shape index (κ2) is 39.1. The average Bonchev–Trinajstić information content (AvgIpc) is 3.18. The number of hydrogen-bond donors (Lipinski definition) is 2. The van der Waals surface area contributed by atoms with Crippen molar-refractivity contribution in [3.05, 3.63) is 48.6 Å². The molecule has 2 unspecified atom stereocenters. The van der Waals surface area contributed by atoms with Gasteiger partial charge in [-0.1, -0.05) is 134 Å². The molecule has 0 bridgehead atoms. The second-order valence-electron chi connectivity index (χ2n) is 16.0. The number of carbonyl (C=O) groups is 1. The molecule has 0 radical (unpaired) electrons. The Hall–Kier alpha value is -1.77. The molecule has 0 spiro atoms. The van der Waals surface area contributed by atoms with Gasteiger partial charge in [0.2, 0.25) is 0 Å². The Morgan fingerprint density at radius 1 is 0.582 bits per heavy atom. The molecule has 2 N–H and O–H groups in total. The van der Waals surface area contributed by atoms with Crippen LogP contribution in [0.1, 0.15) is 175 Å². The van der Waals surface area contributed by atoms with Crippen LogP contribution in [0.5, 0.6) is 0 Å². The van der Waals surface area contributed by atoms with Gasteiger partial charge in [0.05, 0.1) is 12.2 Å². The summed E-state index contributed by atoms with van der Waals surface area (Å²) in [5.41, 5.74) is 0. The van der Waals surface area contributed by atoms with E-state index in [1.165, 1.54) is 77.0 Å². The van der Waals surface area contributed by atoms with Gasteiger partial charge >= 0.3 is 5.97 Å². The van der Waals surface area contributed by atoms with Gasteiger partial charge < -0.3 is 19.8 Å². The molecule has 0 aromatic heterocycles. The third-order valence-electron chi connectivity index (χ3n) is 10.9. The number of ether oxygens (including phenoxy) is 1. The van der Waals surface area contributed by atoms with Crippen LogP contribution in [0, 0.1) is 0 Å². The van der Waals surface area contributed by atoms with E-state index in [0.29, 0.717) is 39.1 Å². The smallest absolute Gasteiger partial charge is 0.305 e. The lowest BCUT2D eigenvalue weighted by atomic mass is 10.1. The summed E-state index contributed by atoms with van der Waals surface area (Å²) in [4.78, 5) is 19.6. The van der Waals surface area contributed by atoms with Crippen molar-refractivity contribution in [2.45, 2.75) is 187 Å². The van der Waals surface area contributed by atoms with Gasteiger partial charge in [-0.05, 0) is 96.6 Å². The molecule has 0 aromatic rings. The van der Waals surface area contributed by atoms with Crippen LogP contribution in [0.3, 0.4) is 0 Å². The maximum absolute atomic E-state index is 12.5. The molecule has 1 rings (SSSR count). The predicted octanol–water partition coefficient (Wildman–Crippen LogP) is 10.8. The Bertz CT molecular complexity index is 907. The number of hydrogen-bond acceptors (Lipinski definition) is 7. The van der Waals surface area contributed by atoms with Crippen LogP contribution in [0.15, 0.2) is 48.6 Å². The molecule has 0 aromatic carbocycles. The maximum atomic E-state index is 12.5. The van der Waals surface area contributed by atoms with Gasteiger partial charge in [-0.25, -0.2) is 0 Å². The van der Waals surface area contributed by atoms with Crippen molar-refractivity contribution >= 4 is 5.97 Å². The second-order valence-corrected chi connectivity index (χ2v) is 16.0. The van der Waals surface area contributed by atoms with Crippen LogP contribution in [0.4, 0.5) is 0 Å². The van der Waals surface area contributed by atoms with Gasteiger partial charge in [0.15, 0.2) is 0 Å². The third kappa shape index (κ3) is 34.0. The number of carbonyl (C=O) groups excluding carboxylic acids is 1. The summed E-state index contributed by atoms with van der Waals surface area (Å²) < 4.78 is 5.58. The van der Waals surface area contributed by atoms with Crippen LogP contribution in [0.25, 0.3) is 0 Å². The van der Waals surface area contributed by atoms with Crippen LogP contribution in [-0.4, -0.2) is 109 Å². The quantitative estimate of drug-likeness (QED) is 0.0368. The molecule has 0 saturated carbocycles. The fraction of sp³-hybridized carbons (Fsp3) is 0.812. The molecule has 0 amide bonds. The fourth-order valence-electron chi connectivity index (χ4n) is 7.20. The molecule has 55 heavy (non-hydrogen) atoms. The number of unbranched alkanes of at least 4 members (excludes halogenated alkanes) is 14. The normalized spacial score (nSPS) is 15.8. The van der Waals surface area contributed by atoms with Gasteiger partial charge in [0, 0.05) is 52.2 Å². The zero-order chi connectivity index (χ0) is 39.9. The van der Waals surface area contributed by atoms with Gasteiger partial charge in [-0.3, -0.25) is 14.6 Å². The lowest BCUT2D eigenvalue weighted by Crippen LogP contribution is -2.47. The molecule has 7 nitrogen and oxygen atoms in total. The van der Waals surface area contributed by atoms with E-state index in [9.17, 15) is 15.0 Å². The number of esters is 1. The number of rotatable bonds is 38. The topological polar surface area (TPSA) is 76.5 Å². The Balaban J connectivity index is 2.34. The van der Waals surface area contributed by atoms with E-state index in [2.05, 4.69) is 84.1 Å². The van der Waals surface area contributed by atoms with Crippen molar-refractivity contribution in [1.29, 1.82) is 0 Å². The molecule has 1 heterocycles. The lowest BCUT2D eigenvalue weighted by Gasteiger charge is -2.33. The van der Waals surface area contributed by atoms with Crippen LogP contribution in [-0.2, 0) is 9.53 Å². The molecular weight excluding hydrogens is 683 g/mol. The number of likely N-dealkylation sites (N-methyl/N-ethyl adjacent to an activating group) is 1. The Morgan fingerprint density at radius 3 is 1.47 bits per heavy atom. The lowest BCUT2D eigenvalue weighted by molar-refractivity contribution is -0.144. The first-order valence-electron chi connectivity index (χ1n) is 23.3. The van der Waals surface area contributed by atoms with Crippen molar-refractivity contribution < 1.29 is 19.7 Å². The van der Waals surface area contributed by atoms with Gasteiger partial charge in [-0.2, -0.15) is 0 Å². The molecule has 0 aliphatic carbocycles. The Labute approximate surface area is 340 Å². The van der Waals surface area contributed by atoms with E-state index >= 15 is 0 Å². The predicted molar refractivity (Wildman–Crippen MR) is 237 cm³/mol. The molecule has 320 valence electrons. The molecule has 7 heteroatoms. The minimum atomic E-state index is -0.416. The van der Waals surface area contributed by atoms with Crippen molar-refractivity contribution in [3.8, 4) is 0 Å². The molecule has 2 atom stereocenters. The molecule has 1 saturated heterocycles. The maximum Gasteiger partial charge on any atom is 0.305 e. The van der Waals surface area contributed by atoms with Crippen molar-refractivity contribution in [2.75, 3.05) is 65.5 Å². The molecule has 1 aliphatic rings. The van der Waals surface area contributed by atoms with Crippen LogP contribution in [0.2, 0.25) is 0 Å². The molecular formula is C48H89N3O4. The SMILES string of the molecule is CCCCC/C=C\C/C=C\CCCCCCC(O)CN(CCCC(=O)OCCN1CCN(CC)CC1)CC(O)CCCCCC/C=C\C/C=C\CCCCC. The van der Waals surface area contributed by atoms with E-state index in [-0.39, 0.29) is 5.97 Å². The highest BCUT2D eigenvalue weighted by Gasteiger charge is 2.18. The number of allylic oxidation sites excluding steroid dienone is 8. The minimum absolute atomic E-state index is 0.143. The monoisotopic (exact) mass is 772 g/mol. The minimum Gasteiger partial charge on any atom is -0.464 e. The van der Waals surface area contributed by atoms with Crippen molar-refractivity contribution in [2.24, 2.45) is 0 Å². The van der Waals surface area contributed by atoms with Gasteiger partial charge in [-0.15, -0.1) is 0 Å². The summed E-state index contributed by atoms with van der Waals surface area (Å²) in [5.74, 6) is -0.143. The highest BCUT2D eigenvalue weighted by atomic mass is 16.5. The number of nitrogens with zero attached hydrogens (tertiary/aromatic N) is 3. The molecule has 1 fully saturated rings. The largest absolute Gasteiger partial charge is 0.464 e. The third-order valence-corrected chi connectivity index (χ3v) is 10.9. The zero-order valence-corrected chi connectivity index (χ0v) is 36.4. The van der Waals surface area contributed by atoms with E-state index in [4.69, 9.17) is 4.74 Å². The number of piperazine rings is 1. The zero-order valence-electron chi connectivity index (χ0n) is 36.4. The standard InChI is InChI=1S/C48H89N3O4/c1-4-7-9-11-13-15-17-19-21-23-25-27-29-31-34-46(52)44-51(37-33-36-48(54)55-43-42-50-40-38-49(6-3)39-41-50)45-47(53)35-32-30-28-26-24-22-20-18-16-14-12-10-8-5-2/h13-16,19-22,46-47,52-53H,4-12,17-18,23-45H2,1-3H3/b15-13-,16-14-,21-19-,22-20-. The van der Waals surface area contributed by atoms with Crippen LogP contribution >= 0.6 is 0 Å². The van der Waals surface area contributed by atoms with Crippen LogP contribution < -0.4 is 0 Å². The Morgan fingerprint density at radius 2 is 1.02 bits per heavy atom. The first-order chi connectivity index (χ1) is 27.0. The van der Waals surface area contributed by atoms with Crippen molar-refractivity contribution in [3.63, 3.8) is 0 Å². The summed E-state index contributed by atoms with van der Waals surface area (Å²) in [5, 5.41) is 21.9. The first kappa shape index (κ1) is 51.2. The first-order valence-corrected chi connectivity index (χ1v) is 23.3. The van der Waals surface area contributed by atoms with Gasteiger partial charge in [0.25, 0.3) is 0 Å². The van der Waals surface area contributed by atoms with E-state index in [1.807, 2.05) is 0 Å².